The van der Waals surface area contributed by atoms with E-state index in [1.165, 1.54) is 0 Å². The minimum atomic E-state index is -0.649. The Bertz CT molecular complexity index is 986. The summed E-state index contributed by atoms with van der Waals surface area (Å²) in [6.45, 7) is 3.19. The Morgan fingerprint density at radius 3 is 2.42 bits per heavy atom. The van der Waals surface area contributed by atoms with Gasteiger partial charge in [-0.2, -0.15) is 0 Å². The number of carbonyl (C=O) groups is 3. The SMILES string of the molecule is NC(=O)c1c(OC(=O)N2CCCN(C(=O)C3CCOCC3)CC2)ccc2ccccc12. The van der Waals surface area contributed by atoms with Crippen LogP contribution in [0.2, 0.25) is 0 Å². The monoisotopic (exact) mass is 425 g/mol. The van der Waals surface area contributed by atoms with E-state index in [9.17, 15) is 14.4 Å². The third-order valence-corrected chi connectivity index (χ3v) is 5.97. The normalized spacial score (nSPS) is 17.9. The van der Waals surface area contributed by atoms with Crippen molar-refractivity contribution in [3.05, 3.63) is 42.0 Å². The highest BCUT2D eigenvalue weighted by molar-refractivity contribution is 6.09. The maximum Gasteiger partial charge on any atom is 0.415 e. The fourth-order valence-corrected chi connectivity index (χ4v) is 4.27. The number of ether oxygens (including phenoxy) is 2. The van der Waals surface area contributed by atoms with Crippen molar-refractivity contribution < 1.29 is 23.9 Å². The van der Waals surface area contributed by atoms with Crippen LogP contribution in [0.3, 0.4) is 0 Å². The van der Waals surface area contributed by atoms with Gasteiger partial charge in [0.05, 0.1) is 5.56 Å². The van der Waals surface area contributed by atoms with Crippen LogP contribution in [0.1, 0.15) is 29.6 Å². The third-order valence-electron chi connectivity index (χ3n) is 5.97. The summed E-state index contributed by atoms with van der Waals surface area (Å²) in [5, 5.41) is 1.48. The first-order valence-corrected chi connectivity index (χ1v) is 10.7. The smallest absolute Gasteiger partial charge is 0.409 e. The summed E-state index contributed by atoms with van der Waals surface area (Å²) >= 11 is 0. The standard InChI is InChI=1S/C23H27N3O5/c24-21(27)20-18-5-2-1-4-16(18)6-7-19(20)31-23(29)26-11-3-10-25(12-13-26)22(28)17-8-14-30-15-9-17/h1-2,4-7,17H,3,8-15H2,(H2,24,27). The summed E-state index contributed by atoms with van der Waals surface area (Å²) < 4.78 is 10.9. The summed E-state index contributed by atoms with van der Waals surface area (Å²) in [6, 6.07) is 10.7. The molecule has 0 bridgehead atoms. The highest BCUT2D eigenvalue weighted by Gasteiger charge is 2.29. The predicted molar refractivity (Wildman–Crippen MR) is 115 cm³/mol. The van der Waals surface area contributed by atoms with E-state index in [0.717, 1.165) is 18.2 Å². The van der Waals surface area contributed by atoms with Crippen molar-refractivity contribution in [2.24, 2.45) is 11.7 Å². The molecule has 31 heavy (non-hydrogen) atoms. The molecule has 2 N–H and O–H groups in total. The number of amides is 3. The summed E-state index contributed by atoms with van der Waals surface area (Å²) in [6.07, 6.45) is 1.63. The van der Waals surface area contributed by atoms with Crippen molar-refractivity contribution in [3.63, 3.8) is 0 Å². The number of primary amides is 1. The van der Waals surface area contributed by atoms with Gasteiger partial charge in [-0.3, -0.25) is 9.59 Å². The molecule has 2 heterocycles. The van der Waals surface area contributed by atoms with Gasteiger partial charge in [0, 0.05) is 45.3 Å². The van der Waals surface area contributed by atoms with Crippen LogP contribution in [-0.2, 0) is 9.53 Å². The van der Waals surface area contributed by atoms with Crippen LogP contribution in [0.15, 0.2) is 36.4 Å². The number of nitrogens with zero attached hydrogens (tertiary/aromatic N) is 2. The lowest BCUT2D eigenvalue weighted by atomic mass is 9.98. The Morgan fingerprint density at radius 1 is 0.935 bits per heavy atom. The van der Waals surface area contributed by atoms with Gasteiger partial charge in [-0.05, 0) is 36.1 Å². The number of benzene rings is 2. The molecule has 2 aliphatic heterocycles. The molecule has 0 saturated carbocycles. The molecule has 0 unspecified atom stereocenters. The van der Waals surface area contributed by atoms with Gasteiger partial charge in [0.15, 0.2) is 0 Å². The number of fused-ring (bicyclic) bond motifs is 1. The quantitative estimate of drug-likeness (QED) is 0.814. The van der Waals surface area contributed by atoms with E-state index in [1.54, 1.807) is 29.2 Å². The van der Waals surface area contributed by atoms with Crippen molar-refractivity contribution in [2.45, 2.75) is 19.3 Å². The Labute approximate surface area is 180 Å². The lowest BCUT2D eigenvalue weighted by Gasteiger charge is -2.28. The first-order chi connectivity index (χ1) is 15.0. The lowest BCUT2D eigenvalue weighted by Crippen LogP contribution is -2.41. The summed E-state index contributed by atoms with van der Waals surface area (Å²) in [4.78, 5) is 41.1. The molecule has 2 saturated heterocycles. The van der Waals surface area contributed by atoms with Gasteiger partial charge in [-0.15, -0.1) is 0 Å². The molecule has 2 fully saturated rings. The topological polar surface area (TPSA) is 102 Å². The summed E-state index contributed by atoms with van der Waals surface area (Å²) in [5.74, 6) is -0.355. The van der Waals surface area contributed by atoms with Gasteiger partial charge < -0.3 is 25.0 Å². The fourth-order valence-electron chi connectivity index (χ4n) is 4.27. The van der Waals surface area contributed by atoms with Crippen LogP contribution < -0.4 is 10.5 Å². The number of nitrogens with two attached hydrogens (primary N) is 1. The Kier molecular flexibility index (Phi) is 6.36. The van der Waals surface area contributed by atoms with Crippen molar-refractivity contribution >= 4 is 28.7 Å². The zero-order chi connectivity index (χ0) is 21.8. The van der Waals surface area contributed by atoms with Gasteiger partial charge in [0.2, 0.25) is 5.91 Å². The van der Waals surface area contributed by atoms with Crippen LogP contribution >= 0.6 is 0 Å². The molecular formula is C23H27N3O5. The molecule has 164 valence electrons. The zero-order valence-electron chi connectivity index (χ0n) is 17.4. The van der Waals surface area contributed by atoms with Gasteiger partial charge in [0.1, 0.15) is 5.75 Å². The second-order valence-electron chi connectivity index (χ2n) is 7.94. The van der Waals surface area contributed by atoms with Gasteiger partial charge >= 0.3 is 6.09 Å². The van der Waals surface area contributed by atoms with E-state index in [4.69, 9.17) is 15.2 Å². The Hall–Kier alpha value is -3.13. The minimum absolute atomic E-state index is 0.00276. The molecule has 0 radical (unpaired) electrons. The third kappa shape index (κ3) is 4.64. The average molecular weight is 425 g/mol. The molecule has 8 heteroatoms. The van der Waals surface area contributed by atoms with E-state index in [0.29, 0.717) is 51.2 Å². The van der Waals surface area contributed by atoms with E-state index in [-0.39, 0.29) is 23.1 Å². The van der Waals surface area contributed by atoms with Gasteiger partial charge in [-0.25, -0.2) is 4.79 Å². The maximum atomic E-state index is 12.8. The lowest BCUT2D eigenvalue weighted by molar-refractivity contribution is -0.138. The molecule has 8 nitrogen and oxygen atoms in total. The number of hydrogen-bond donors (Lipinski definition) is 1. The minimum Gasteiger partial charge on any atom is -0.409 e. The van der Waals surface area contributed by atoms with Gasteiger partial charge in [-0.1, -0.05) is 30.3 Å². The second kappa shape index (κ2) is 9.34. The molecule has 0 atom stereocenters. The van der Waals surface area contributed by atoms with E-state index in [1.807, 2.05) is 17.0 Å². The first-order valence-electron chi connectivity index (χ1n) is 10.7. The van der Waals surface area contributed by atoms with Crippen molar-refractivity contribution in [2.75, 3.05) is 39.4 Å². The molecule has 0 aliphatic carbocycles. The zero-order valence-corrected chi connectivity index (χ0v) is 17.4. The largest absolute Gasteiger partial charge is 0.415 e. The first kappa shape index (κ1) is 21.1. The van der Waals surface area contributed by atoms with Crippen molar-refractivity contribution in [3.8, 4) is 5.75 Å². The molecule has 2 aromatic rings. The van der Waals surface area contributed by atoms with Crippen molar-refractivity contribution in [1.29, 1.82) is 0 Å². The van der Waals surface area contributed by atoms with E-state index < -0.39 is 12.0 Å². The molecule has 0 aromatic heterocycles. The second-order valence-corrected chi connectivity index (χ2v) is 7.94. The highest BCUT2D eigenvalue weighted by atomic mass is 16.6. The molecular weight excluding hydrogens is 398 g/mol. The van der Waals surface area contributed by atoms with E-state index >= 15 is 0 Å². The Morgan fingerprint density at radius 2 is 1.65 bits per heavy atom. The summed E-state index contributed by atoms with van der Waals surface area (Å²) in [7, 11) is 0. The molecule has 3 amide bonds. The maximum absolute atomic E-state index is 12.8. The Balaban J connectivity index is 1.44. The predicted octanol–water partition coefficient (Wildman–Crippen LogP) is 2.40. The van der Waals surface area contributed by atoms with Crippen LogP contribution in [0.25, 0.3) is 10.8 Å². The molecule has 4 rings (SSSR count). The van der Waals surface area contributed by atoms with Crippen LogP contribution in [0.5, 0.6) is 5.75 Å². The van der Waals surface area contributed by atoms with Crippen molar-refractivity contribution in [1.82, 2.24) is 9.80 Å². The summed E-state index contributed by atoms with van der Waals surface area (Å²) in [5.41, 5.74) is 5.78. The van der Waals surface area contributed by atoms with E-state index in [2.05, 4.69) is 0 Å². The number of rotatable bonds is 3. The van der Waals surface area contributed by atoms with Gasteiger partial charge in [0.25, 0.3) is 5.91 Å². The number of hydrogen-bond acceptors (Lipinski definition) is 5. The molecule has 2 aliphatic rings. The van der Waals surface area contributed by atoms with Crippen LogP contribution in [0.4, 0.5) is 4.79 Å². The van der Waals surface area contributed by atoms with Crippen LogP contribution in [-0.4, -0.2) is 67.1 Å². The highest BCUT2D eigenvalue weighted by Crippen LogP contribution is 2.28. The average Bonchev–Trinajstić information content (AvgIpc) is 3.05. The number of carbonyl (C=O) groups excluding carboxylic acids is 3. The molecule has 2 aromatic carbocycles. The van der Waals surface area contributed by atoms with Crippen LogP contribution in [0, 0.1) is 5.92 Å². The fraction of sp³-hybridized carbons (Fsp3) is 0.435. The molecule has 0 spiro atoms.